The maximum Gasteiger partial charge on any atom is 0.282 e. The SMILES string of the molecule is COc1ccc(OC)c(N2C(=O)C(Nc3ccc(C(C)C)cc3)=C(c3ccccc3)C2=O)c1. The van der Waals surface area contributed by atoms with Gasteiger partial charge in [0.1, 0.15) is 17.2 Å². The van der Waals surface area contributed by atoms with E-state index in [9.17, 15) is 9.59 Å². The highest BCUT2D eigenvalue weighted by Gasteiger charge is 2.41. The van der Waals surface area contributed by atoms with Crippen LogP contribution in [0.2, 0.25) is 0 Å². The molecule has 0 aromatic heterocycles. The van der Waals surface area contributed by atoms with Crippen molar-refractivity contribution < 1.29 is 19.1 Å². The molecule has 0 spiro atoms. The first-order chi connectivity index (χ1) is 15.9. The molecule has 0 fully saturated rings. The van der Waals surface area contributed by atoms with Crippen molar-refractivity contribution in [1.29, 1.82) is 0 Å². The third kappa shape index (κ3) is 4.20. The van der Waals surface area contributed by atoms with Gasteiger partial charge in [-0.3, -0.25) is 9.59 Å². The molecule has 1 aliphatic heterocycles. The third-order valence-corrected chi connectivity index (χ3v) is 5.62. The molecule has 1 aliphatic rings. The van der Waals surface area contributed by atoms with E-state index in [2.05, 4.69) is 19.2 Å². The van der Waals surface area contributed by atoms with E-state index in [0.29, 0.717) is 34.2 Å². The molecule has 0 aliphatic carbocycles. The largest absolute Gasteiger partial charge is 0.497 e. The van der Waals surface area contributed by atoms with E-state index in [0.717, 1.165) is 10.6 Å². The lowest BCUT2D eigenvalue weighted by Gasteiger charge is -2.19. The molecule has 2 amide bonds. The molecule has 0 saturated heterocycles. The van der Waals surface area contributed by atoms with Crippen molar-refractivity contribution in [2.24, 2.45) is 0 Å². The minimum Gasteiger partial charge on any atom is -0.497 e. The first-order valence-electron chi connectivity index (χ1n) is 10.7. The molecular formula is C27H26N2O4. The summed E-state index contributed by atoms with van der Waals surface area (Å²) in [6.45, 7) is 4.24. The summed E-state index contributed by atoms with van der Waals surface area (Å²) in [4.78, 5) is 28.4. The molecule has 6 nitrogen and oxygen atoms in total. The van der Waals surface area contributed by atoms with Gasteiger partial charge in [-0.1, -0.05) is 56.3 Å². The number of imide groups is 1. The zero-order valence-electron chi connectivity index (χ0n) is 19.1. The van der Waals surface area contributed by atoms with Crippen LogP contribution in [0.25, 0.3) is 5.57 Å². The minimum atomic E-state index is -0.460. The van der Waals surface area contributed by atoms with E-state index in [4.69, 9.17) is 9.47 Å². The monoisotopic (exact) mass is 442 g/mol. The van der Waals surface area contributed by atoms with Crippen LogP contribution in [0.4, 0.5) is 11.4 Å². The Morgan fingerprint density at radius 1 is 0.818 bits per heavy atom. The standard InChI is InChI=1S/C27H26N2O4/c1-17(2)18-10-12-20(13-11-18)28-25-24(19-8-6-5-7-9-19)26(30)29(27(25)31)22-16-21(32-3)14-15-23(22)33-4/h5-17,28H,1-4H3. The summed E-state index contributed by atoms with van der Waals surface area (Å²) in [7, 11) is 3.03. The number of nitrogens with one attached hydrogen (secondary N) is 1. The molecule has 0 radical (unpaired) electrons. The maximum absolute atomic E-state index is 13.6. The topological polar surface area (TPSA) is 67.9 Å². The number of nitrogens with zero attached hydrogens (tertiary/aromatic N) is 1. The fraction of sp³-hybridized carbons (Fsp3) is 0.185. The van der Waals surface area contributed by atoms with Crippen molar-refractivity contribution in [3.8, 4) is 11.5 Å². The van der Waals surface area contributed by atoms with Gasteiger partial charge in [0.05, 0.1) is 25.5 Å². The van der Waals surface area contributed by atoms with Gasteiger partial charge in [-0.05, 0) is 41.3 Å². The number of carbonyl (C=O) groups excluding carboxylic acids is 2. The van der Waals surface area contributed by atoms with Crippen molar-refractivity contribution in [2.45, 2.75) is 19.8 Å². The summed E-state index contributed by atoms with van der Waals surface area (Å²) >= 11 is 0. The smallest absolute Gasteiger partial charge is 0.282 e. The van der Waals surface area contributed by atoms with Crippen molar-refractivity contribution in [3.63, 3.8) is 0 Å². The van der Waals surface area contributed by atoms with Crippen LogP contribution in [0.15, 0.2) is 78.5 Å². The van der Waals surface area contributed by atoms with E-state index < -0.39 is 11.8 Å². The van der Waals surface area contributed by atoms with Crippen molar-refractivity contribution in [3.05, 3.63) is 89.6 Å². The van der Waals surface area contributed by atoms with E-state index in [1.54, 1.807) is 18.2 Å². The van der Waals surface area contributed by atoms with Crippen molar-refractivity contribution in [1.82, 2.24) is 0 Å². The molecule has 1 N–H and O–H groups in total. The van der Waals surface area contributed by atoms with Crippen molar-refractivity contribution >= 4 is 28.8 Å². The maximum atomic E-state index is 13.6. The molecule has 0 atom stereocenters. The lowest BCUT2D eigenvalue weighted by molar-refractivity contribution is -0.120. The van der Waals surface area contributed by atoms with Gasteiger partial charge in [0.2, 0.25) is 0 Å². The number of hydrogen-bond donors (Lipinski definition) is 1. The Morgan fingerprint density at radius 2 is 1.52 bits per heavy atom. The number of carbonyl (C=O) groups is 2. The van der Waals surface area contributed by atoms with Crippen LogP contribution < -0.4 is 19.7 Å². The van der Waals surface area contributed by atoms with E-state index in [1.807, 2.05) is 54.6 Å². The number of ether oxygens (including phenoxy) is 2. The molecule has 1 heterocycles. The number of rotatable bonds is 7. The summed E-state index contributed by atoms with van der Waals surface area (Å²) in [5, 5.41) is 3.20. The lowest BCUT2D eigenvalue weighted by atomic mass is 10.0. The molecule has 3 aromatic carbocycles. The molecule has 168 valence electrons. The Hall–Kier alpha value is -4.06. The van der Waals surface area contributed by atoms with Gasteiger partial charge in [-0.2, -0.15) is 0 Å². The van der Waals surface area contributed by atoms with E-state index in [-0.39, 0.29) is 5.70 Å². The molecule has 0 saturated carbocycles. The summed E-state index contributed by atoms with van der Waals surface area (Å²) in [6, 6.07) is 22.0. The molecule has 33 heavy (non-hydrogen) atoms. The summed E-state index contributed by atoms with van der Waals surface area (Å²) in [5.74, 6) is 0.409. The van der Waals surface area contributed by atoms with Gasteiger partial charge in [0.15, 0.2) is 0 Å². The van der Waals surface area contributed by atoms with Gasteiger partial charge in [-0.25, -0.2) is 4.90 Å². The highest BCUT2D eigenvalue weighted by molar-refractivity contribution is 6.46. The lowest BCUT2D eigenvalue weighted by Crippen LogP contribution is -2.32. The number of amides is 2. The van der Waals surface area contributed by atoms with Crippen LogP contribution in [-0.2, 0) is 9.59 Å². The van der Waals surface area contributed by atoms with Crippen LogP contribution >= 0.6 is 0 Å². The third-order valence-electron chi connectivity index (χ3n) is 5.62. The quantitative estimate of drug-likeness (QED) is 0.508. The molecular weight excluding hydrogens is 416 g/mol. The Bertz CT molecular complexity index is 1210. The van der Waals surface area contributed by atoms with Crippen LogP contribution in [0.5, 0.6) is 11.5 Å². The molecule has 0 bridgehead atoms. The van der Waals surface area contributed by atoms with Gasteiger partial charge in [0.25, 0.3) is 11.8 Å². The van der Waals surface area contributed by atoms with Gasteiger partial charge >= 0.3 is 0 Å². The summed E-state index contributed by atoms with van der Waals surface area (Å²) < 4.78 is 10.8. The fourth-order valence-electron chi connectivity index (χ4n) is 3.80. The Balaban J connectivity index is 1.80. The van der Waals surface area contributed by atoms with Gasteiger partial charge in [0, 0.05) is 11.8 Å². The average molecular weight is 443 g/mol. The van der Waals surface area contributed by atoms with Gasteiger partial charge < -0.3 is 14.8 Å². The highest BCUT2D eigenvalue weighted by atomic mass is 16.5. The normalized spacial score (nSPS) is 13.7. The zero-order chi connectivity index (χ0) is 23.5. The number of hydrogen-bond acceptors (Lipinski definition) is 5. The molecule has 3 aromatic rings. The van der Waals surface area contributed by atoms with Crippen LogP contribution in [-0.4, -0.2) is 26.0 Å². The summed E-state index contributed by atoms with van der Waals surface area (Å²) in [6.07, 6.45) is 0. The Morgan fingerprint density at radius 3 is 2.12 bits per heavy atom. The Kier molecular flexibility index (Phi) is 6.18. The predicted molar refractivity (Wildman–Crippen MR) is 130 cm³/mol. The van der Waals surface area contributed by atoms with E-state index in [1.165, 1.54) is 19.8 Å². The average Bonchev–Trinajstić information content (AvgIpc) is 3.08. The zero-order valence-corrected chi connectivity index (χ0v) is 19.1. The van der Waals surface area contributed by atoms with Crippen LogP contribution in [0.1, 0.15) is 30.9 Å². The van der Waals surface area contributed by atoms with E-state index >= 15 is 0 Å². The second-order valence-corrected chi connectivity index (χ2v) is 8.00. The second-order valence-electron chi connectivity index (χ2n) is 8.00. The number of benzene rings is 3. The number of methoxy groups -OCH3 is 2. The second kappa shape index (κ2) is 9.20. The summed E-state index contributed by atoms with van der Waals surface area (Å²) in [5.41, 5.74) is 3.42. The molecule has 4 rings (SSSR count). The van der Waals surface area contributed by atoms with Crippen LogP contribution in [0.3, 0.4) is 0 Å². The number of anilines is 2. The molecule has 0 unspecified atom stereocenters. The first kappa shape index (κ1) is 22.1. The van der Waals surface area contributed by atoms with Gasteiger partial charge in [-0.15, -0.1) is 0 Å². The molecule has 6 heteroatoms. The minimum absolute atomic E-state index is 0.216. The predicted octanol–water partition coefficient (Wildman–Crippen LogP) is 5.22. The Labute approximate surface area is 193 Å². The van der Waals surface area contributed by atoms with Crippen molar-refractivity contribution in [2.75, 3.05) is 24.4 Å². The first-order valence-corrected chi connectivity index (χ1v) is 10.7. The highest BCUT2D eigenvalue weighted by Crippen LogP contribution is 2.39. The van der Waals surface area contributed by atoms with Crippen LogP contribution in [0, 0.1) is 0 Å². The fourth-order valence-corrected chi connectivity index (χ4v) is 3.80.